The van der Waals surface area contributed by atoms with E-state index >= 15 is 0 Å². The lowest BCUT2D eigenvalue weighted by Gasteiger charge is -2.25. The first-order valence-electron chi connectivity index (χ1n) is 7.62. The number of carbonyl (C=O) groups excluding carboxylic acids is 2. The van der Waals surface area contributed by atoms with E-state index in [1.54, 1.807) is 24.0 Å². The van der Waals surface area contributed by atoms with Gasteiger partial charge in [0.15, 0.2) is 0 Å². The summed E-state index contributed by atoms with van der Waals surface area (Å²) in [4.78, 5) is 25.6. The zero-order valence-electron chi connectivity index (χ0n) is 13.0. The first-order chi connectivity index (χ1) is 10.5. The van der Waals surface area contributed by atoms with Crippen LogP contribution in [0, 0.1) is 17.7 Å². The number of benzene rings is 1. The molecule has 1 atom stereocenters. The Kier molecular flexibility index (Phi) is 5.52. The summed E-state index contributed by atoms with van der Waals surface area (Å²) in [6.07, 6.45) is 2.50. The van der Waals surface area contributed by atoms with Crippen molar-refractivity contribution in [1.29, 1.82) is 0 Å². The van der Waals surface area contributed by atoms with E-state index in [1.807, 2.05) is 0 Å². The molecular weight excluding hydrogens is 285 g/mol. The molecule has 0 spiro atoms. The zero-order valence-corrected chi connectivity index (χ0v) is 13.0. The van der Waals surface area contributed by atoms with Crippen molar-refractivity contribution in [3.05, 3.63) is 35.6 Å². The number of hydrogen-bond donors (Lipinski definition) is 0. The van der Waals surface area contributed by atoms with Crippen LogP contribution in [0.15, 0.2) is 24.3 Å². The molecule has 2 rings (SSSR count). The number of rotatable bonds is 7. The van der Waals surface area contributed by atoms with Crippen LogP contribution in [0.3, 0.4) is 0 Å². The van der Waals surface area contributed by atoms with Crippen LogP contribution in [0.25, 0.3) is 0 Å². The molecule has 0 aliphatic heterocycles. The highest BCUT2D eigenvalue weighted by Gasteiger charge is 2.34. The third-order valence-electron chi connectivity index (χ3n) is 3.92. The number of nitrogens with zero attached hydrogens (tertiary/aromatic N) is 1. The second-order valence-corrected chi connectivity index (χ2v) is 5.86. The molecule has 4 nitrogen and oxygen atoms in total. The van der Waals surface area contributed by atoms with Crippen molar-refractivity contribution >= 4 is 11.9 Å². The fourth-order valence-corrected chi connectivity index (χ4v) is 2.40. The number of halogens is 1. The third kappa shape index (κ3) is 4.55. The Morgan fingerprint density at radius 3 is 2.50 bits per heavy atom. The summed E-state index contributed by atoms with van der Waals surface area (Å²) in [6.45, 7) is 2.66. The van der Waals surface area contributed by atoms with Gasteiger partial charge in [-0.3, -0.25) is 9.59 Å². The van der Waals surface area contributed by atoms with E-state index in [9.17, 15) is 14.0 Å². The predicted octanol–water partition coefficient (Wildman–Crippen LogP) is 2.42. The van der Waals surface area contributed by atoms with Crippen LogP contribution in [-0.2, 0) is 20.7 Å². The molecule has 0 aromatic heterocycles. The van der Waals surface area contributed by atoms with Gasteiger partial charge in [0.2, 0.25) is 5.91 Å². The number of esters is 1. The van der Waals surface area contributed by atoms with Crippen molar-refractivity contribution in [2.45, 2.75) is 26.2 Å². The van der Waals surface area contributed by atoms with Gasteiger partial charge in [-0.05, 0) is 37.0 Å². The van der Waals surface area contributed by atoms with Crippen LogP contribution in [0.2, 0.25) is 0 Å². The molecule has 1 unspecified atom stereocenters. The average Bonchev–Trinajstić information content (AvgIpc) is 3.36. The second-order valence-electron chi connectivity index (χ2n) is 5.86. The predicted molar refractivity (Wildman–Crippen MR) is 80.6 cm³/mol. The molecule has 1 amide bonds. The van der Waals surface area contributed by atoms with Crippen LogP contribution in [-0.4, -0.2) is 37.0 Å². The van der Waals surface area contributed by atoms with E-state index in [1.165, 1.54) is 19.2 Å². The molecule has 0 saturated heterocycles. The minimum absolute atomic E-state index is 0.109. The van der Waals surface area contributed by atoms with E-state index in [0.717, 1.165) is 18.4 Å². The molecule has 1 fully saturated rings. The average molecular weight is 307 g/mol. The Bertz CT molecular complexity index is 525. The van der Waals surface area contributed by atoms with Gasteiger partial charge in [0.25, 0.3) is 0 Å². The van der Waals surface area contributed by atoms with Crippen LogP contribution in [0.1, 0.15) is 25.3 Å². The van der Waals surface area contributed by atoms with Gasteiger partial charge >= 0.3 is 5.97 Å². The zero-order chi connectivity index (χ0) is 16.1. The number of ether oxygens (including phenoxy) is 1. The van der Waals surface area contributed by atoms with Gasteiger partial charge in [0.05, 0.1) is 13.0 Å². The van der Waals surface area contributed by atoms with Crippen molar-refractivity contribution in [2.75, 3.05) is 20.2 Å². The van der Waals surface area contributed by atoms with Crippen molar-refractivity contribution in [3.63, 3.8) is 0 Å². The van der Waals surface area contributed by atoms with Gasteiger partial charge < -0.3 is 9.64 Å². The summed E-state index contributed by atoms with van der Waals surface area (Å²) >= 11 is 0. The Hall–Kier alpha value is -1.91. The molecule has 120 valence electrons. The number of methoxy groups -OCH3 is 1. The van der Waals surface area contributed by atoms with Crippen LogP contribution in [0.5, 0.6) is 0 Å². The van der Waals surface area contributed by atoms with Gasteiger partial charge in [-0.2, -0.15) is 0 Å². The van der Waals surface area contributed by atoms with E-state index in [4.69, 9.17) is 4.74 Å². The van der Waals surface area contributed by atoms with Crippen LogP contribution >= 0.6 is 0 Å². The monoisotopic (exact) mass is 307 g/mol. The maximum Gasteiger partial charge on any atom is 0.310 e. The number of carbonyl (C=O) groups is 2. The lowest BCUT2D eigenvalue weighted by atomic mass is 10.1. The summed E-state index contributed by atoms with van der Waals surface area (Å²) in [7, 11) is 1.35. The first kappa shape index (κ1) is 16.5. The van der Waals surface area contributed by atoms with Crippen molar-refractivity contribution in [1.82, 2.24) is 4.90 Å². The van der Waals surface area contributed by atoms with Gasteiger partial charge in [-0.25, -0.2) is 4.39 Å². The maximum atomic E-state index is 12.9. The van der Waals surface area contributed by atoms with Gasteiger partial charge in [0.1, 0.15) is 5.82 Å². The highest BCUT2D eigenvalue weighted by atomic mass is 19.1. The molecule has 0 heterocycles. The minimum atomic E-state index is -0.346. The van der Waals surface area contributed by atoms with Gasteiger partial charge in [-0.1, -0.05) is 19.1 Å². The highest BCUT2D eigenvalue weighted by Crippen LogP contribution is 2.31. The van der Waals surface area contributed by atoms with Gasteiger partial charge in [-0.15, -0.1) is 0 Å². The second kappa shape index (κ2) is 7.38. The highest BCUT2D eigenvalue weighted by molar-refractivity contribution is 5.82. The number of hydrogen-bond acceptors (Lipinski definition) is 3. The Labute approximate surface area is 130 Å². The molecule has 1 aliphatic rings. The van der Waals surface area contributed by atoms with E-state index in [0.29, 0.717) is 19.5 Å². The molecule has 0 N–H and O–H groups in total. The smallest absolute Gasteiger partial charge is 0.310 e. The summed E-state index contributed by atoms with van der Waals surface area (Å²) in [5, 5.41) is 0. The first-order valence-corrected chi connectivity index (χ1v) is 7.62. The number of amides is 1. The minimum Gasteiger partial charge on any atom is -0.469 e. The lowest BCUT2D eigenvalue weighted by molar-refractivity contribution is -0.146. The van der Waals surface area contributed by atoms with E-state index in [-0.39, 0.29) is 29.5 Å². The lowest BCUT2D eigenvalue weighted by Crippen LogP contribution is -2.39. The van der Waals surface area contributed by atoms with Crippen molar-refractivity contribution in [2.24, 2.45) is 11.8 Å². The maximum absolute atomic E-state index is 12.9. The van der Waals surface area contributed by atoms with E-state index < -0.39 is 0 Å². The summed E-state index contributed by atoms with van der Waals surface area (Å²) in [5.41, 5.74) is 0.973. The normalized spacial score (nSPS) is 15.2. The third-order valence-corrected chi connectivity index (χ3v) is 3.92. The molecule has 1 aromatic carbocycles. The summed E-state index contributed by atoms with van der Waals surface area (Å²) < 4.78 is 17.6. The topological polar surface area (TPSA) is 46.6 Å². The van der Waals surface area contributed by atoms with Crippen molar-refractivity contribution in [3.8, 4) is 0 Å². The Balaban J connectivity index is 1.96. The summed E-state index contributed by atoms with van der Waals surface area (Å²) in [5.74, 6) is -0.707. The molecule has 0 bridgehead atoms. The summed E-state index contributed by atoms with van der Waals surface area (Å²) in [6, 6.07) is 6.27. The standard InChI is InChI=1S/C17H22FNO3/c1-12(17(21)22-2)11-19(16(20)14-5-6-14)10-9-13-3-7-15(18)8-4-13/h3-4,7-8,12,14H,5-6,9-11H2,1-2H3. The molecular formula is C17H22FNO3. The molecule has 22 heavy (non-hydrogen) atoms. The van der Waals surface area contributed by atoms with Crippen LogP contribution < -0.4 is 0 Å². The molecule has 1 saturated carbocycles. The fourth-order valence-electron chi connectivity index (χ4n) is 2.40. The van der Waals surface area contributed by atoms with Crippen molar-refractivity contribution < 1.29 is 18.7 Å². The molecule has 1 aromatic rings. The van der Waals surface area contributed by atoms with Crippen LogP contribution in [0.4, 0.5) is 4.39 Å². The Morgan fingerprint density at radius 1 is 1.32 bits per heavy atom. The largest absolute Gasteiger partial charge is 0.469 e. The quantitative estimate of drug-likeness (QED) is 0.727. The molecule has 1 aliphatic carbocycles. The fraction of sp³-hybridized carbons (Fsp3) is 0.529. The molecule has 0 radical (unpaired) electrons. The SMILES string of the molecule is COC(=O)C(C)CN(CCc1ccc(F)cc1)C(=O)C1CC1. The van der Waals surface area contributed by atoms with E-state index in [2.05, 4.69) is 0 Å². The molecule has 5 heteroatoms. The van der Waals surface area contributed by atoms with Gasteiger partial charge in [0, 0.05) is 19.0 Å². The Morgan fingerprint density at radius 2 is 1.95 bits per heavy atom.